The number of carbonyl (C=O) groups is 1. The molecule has 1 aliphatic rings. The minimum atomic E-state index is 0.138. The summed E-state index contributed by atoms with van der Waals surface area (Å²) in [6.45, 7) is 8.44. The summed E-state index contributed by atoms with van der Waals surface area (Å²) < 4.78 is 5.83. The van der Waals surface area contributed by atoms with Gasteiger partial charge in [0.15, 0.2) is 0 Å². The molecule has 4 heteroatoms. The third-order valence-corrected chi connectivity index (χ3v) is 4.19. The molecular weight excluding hydrogens is 276 g/mol. The molecule has 1 heterocycles. The molecule has 1 amide bonds. The van der Waals surface area contributed by atoms with E-state index in [1.165, 1.54) is 5.56 Å². The first-order valence-electron chi connectivity index (χ1n) is 8.30. The van der Waals surface area contributed by atoms with E-state index in [2.05, 4.69) is 37.5 Å². The normalized spacial score (nSPS) is 21.6. The lowest BCUT2D eigenvalue weighted by molar-refractivity contribution is -0.126. The van der Waals surface area contributed by atoms with Gasteiger partial charge in [0.05, 0.1) is 6.54 Å². The van der Waals surface area contributed by atoms with Crippen molar-refractivity contribution in [3.63, 3.8) is 0 Å². The van der Waals surface area contributed by atoms with Crippen LogP contribution in [0.4, 0.5) is 0 Å². The standard InChI is InChI=1S/C18H28N2O2/c1-13(2)16-6-4-5-7-17(16)22-11-10-20-18(21)15-8-9-19-14(3)12-15/h4-7,13-15,19H,8-12H2,1-3H3,(H,20,21)/t14-,15-/m0/s1. The van der Waals surface area contributed by atoms with Gasteiger partial charge in [-0.1, -0.05) is 32.0 Å². The third-order valence-electron chi connectivity index (χ3n) is 4.19. The van der Waals surface area contributed by atoms with Gasteiger partial charge in [-0.15, -0.1) is 0 Å². The molecule has 122 valence electrons. The maximum atomic E-state index is 12.1. The molecule has 22 heavy (non-hydrogen) atoms. The predicted octanol–water partition coefficient (Wildman–Crippen LogP) is 2.69. The highest BCUT2D eigenvalue weighted by Gasteiger charge is 2.24. The molecule has 1 aromatic carbocycles. The van der Waals surface area contributed by atoms with Crippen LogP contribution in [0.25, 0.3) is 0 Å². The number of para-hydroxylation sites is 1. The topological polar surface area (TPSA) is 50.4 Å². The molecule has 0 unspecified atom stereocenters. The lowest BCUT2D eigenvalue weighted by Crippen LogP contribution is -2.43. The molecule has 4 nitrogen and oxygen atoms in total. The van der Waals surface area contributed by atoms with Crippen molar-refractivity contribution in [2.75, 3.05) is 19.7 Å². The van der Waals surface area contributed by atoms with Crippen LogP contribution in [0.3, 0.4) is 0 Å². The minimum Gasteiger partial charge on any atom is -0.491 e. The van der Waals surface area contributed by atoms with E-state index in [9.17, 15) is 4.79 Å². The summed E-state index contributed by atoms with van der Waals surface area (Å²) in [5, 5.41) is 6.37. The van der Waals surface area contributed by atoms with Crippen molar-refractivity contribution in [2.24, 2.45) is 5.92 Å². The van der Waals surface area contributed by atoms with Crippen molar-refractivity contribution >= 4 is 5.91 Å². The Balaban J connectivity index is 1.74. The summed E-state index contributed by atoms with van der Waals surface area (Å²) in [7, 11) is 0. The number of ether oxygens (including phenoxy) is 1. The minimum absolute atomic E-state index is 0.138. The fraction of sp³-hybridized carbons (Fsp3) is 0.611. The van der Waals surface area contributed by atoms with Gasteiger partial charge in [-0.3, -0.25) is 4.79 Å². The Hall–Kier alpha value is -1.55. The van der Waals surface area contributed by atoms with E-state index in [4.69, 9.17) is 4.74 Å². The van der Waals surface area contributed by atoms with E-state index in [0.29, 0.717) is 25.1 Å². The fourth-order valence-electron chi connectivity index (χ4n) is 2.94. The molecule has 0 aromatic heterocycles. The largest absolute Gasteiger partial charge is 0.491 e. The van der Waals surface area contributed by atoms with Crippen molar-refractivity contribution in [3.8, 4) is 5.75 Å². The molecule has 2 rings (SSSR count). The number of carbonyl (C=O) groups excluding carboxylic acids is 1. The maximum absolute atomic E-state index is 12.1. The summed E-state index contributed by atoms with van der Waals surface area (Å²) in [6, 6.07) is 8.53. The maximum Gasteiger partial charge on any atom is 0.223 e. The van der Waals surface area contributed by atoms with E-state index in [-0.39, 0.29) is 11.8 Å². The smallest absolute Gasteiger partial charge is 0.223 e. The van der Waals surface area contributed by atoms with Gasteiger partial charge in [0.25, 0.3) is 0 Å². The highest BCUT2D eigenvalue weighted by molar-refractivity contribution is 5.78. The van der Waals surface area contributed by atoms with Crippen LogP contribution in [0.2, 0.25) is 0 Å². The van der Waals surface area contributed by atoms with Crippen LogP contribution >= 0.6 is 0 Å². The molecule has 1 aromatic rings. The average Bonchev–Trinajstić information content (AvgIpc) is 2.51. The van der Waals surface area contributed by atoms with Gasteiger partial charge in [0.1, 0.15) is 12.4 Å². The summed E-state index contributed by atoms with van der Waals surface area (Å²) in [5.74, 6) is 1.65. The first-order valence-corrected chi connectivity index (χ1v) is 8.30. The van der Waals surface area contributed by atoms with Crippen LogP contribution in [-0.4, -0.2) is 31.6 Å². The van der Waals surface area contributed by atoms with Crippen LogP contribution in [0.5, 0.6) is 5.75 Å². The van der Waals surface area contributed by atoms with Crippen molar-refractivity contribution < 1.29 is 9.53 Å². The second-order valence-electron chi connectivity index (χ2n) is 6.41. The van der Waals surface area contributed by atoms with Crippen LogP contribution in [0, 0.1) is 5.92 Å². The Morgan fingerprint density at radius 3 is 2.91 bits per heavy atom. The second kappa shape index (κ2) is 8.18. The molecule has 0 aliphatic carbocycles. The molecule has 0 bridgehead atoms. The number of amides is 1. The van der Waals surface area contributed by atoms with Crippen LogP contribution in [0.15, 0.2) is 24.3 Å². The third kappa shape index (κ3) is 4.73. The summed E-state index contributed by atoms with van der Waals surface area (Å²) in [6.07, 6.45) is 1.84. The van der Waals surface area contributed by atoms with Gasteiger partial charge in [0, 0.05) is 12.0 Å². The van der Waals surface area contributed by atoms with Crippen molar-refractivity contribution in [2.45, 2.75) is 45.6 Å². The number of hydrogen-bond acceptors (Lipinski definition) is 3. The van der Waals surface area contributed by atoms with E-state index < -0.39 is 0 Å². The Kier molecular flexibility index (Phi) is 6.25. The monoisotopic (exact) mass is 304 g/mol. The molecule has 0 radical (unpaired) electrons. The van der Waals surface area contributed by atoms with E-state index in [1.807, 2.05) is 18.2 Å². The Labute approximate surface area is 133 Å². The predicted molar refractivity (Wildman–Crippen MR) is 89.2 cm³/mol. The molecule has 0 saturated carbocycles. The molecule has 1 aliphatic heterocycles. The van der Waals surface area contributed by atoms with Crippen LogP contribution in [0.1, 0.15) is 45.1 Å². The number of piperidine rings is 1. The molecule has 1 saturated heterocycles. The fourth-order valence-corrected chi connectivity index (χ4v) is 2.94. The first kappa shape index (κ1) is 16.8. The number of nitrogens with one attached hydrogen (secondary N) is 2. The van der Waals surface area contributed by atoms with Crippen LogP contribution in [-0.2, 0) is 4.79 Å². The van der Waals surface area contributed by atoms with Gasteiger partial charge in [-0.05, 0) is 43.9 Å². The molecule has 1 fully saturated rings. The van der Waals surface area contributed by atoms with Gasteiger partial charge < -0.3 is 15.4 Å². The number of hydrogen-bond donors (Lipinski definition) is 2. The molecule has 2 atom stereocenters. The lowest BCUT2D eigenvalue weighted by Gasteiger charge is -2.27. The summed E-state index contributed by atoms with van der Waals surface area (Å²) in [5.41, 5.74) is 1.21. The van der Waals surface area contributed by atoms with Crippen LogP contribution < -0.4 is 15.4 Å². The van der Waals surface area contributed by atoms with E-state index in [1.54, 1.807) is 0 Å². The molecule has 0 spiro atoms. The first-order chi connectivity index (χ1) is 10.6. The van der Waals surface area contributed by atoms with E-state index >= 15 is 0 Å². The highest BCUT2D eigenvalue weighted by Crippen LogP contribution is 2.25. The Morgan fingerprint density at radius 1 is 1.41 bits per heavy atom. The molecule has 2 N–H and O–H groups in total. The Bertz CT molecular complexity index is 488. The zero-order valence-corrected chi connectivity index (χ0v) is 13.9. The zero-order chi connectivity index (χ0) is 15.9. The van der Waals surface area contributed by atoms with Gasteiger partial charge >= 0.3 is 0 Å². The van der Waals surface area contributed by atoms with Gasteiger partial charge in [-0.2, -0.15) is 0 Å². The zero-order valence-electron chi connectivity index (χ0n) is 13.9. The van der Waals surface area contributed by atoms with Crippen molar-refractivity contribution in [1.29, 1.82) is 0 Å². The molecular formula is C18H28N2O2. The van der Waals surface area contributed by atoms with Crippen molar-refractivity contribution in [3.05, 3.63) is 29.8 Å². The summed E-state index contributed by atoms with van der Waals surface area (Å²) in [4.78, 5) is 12.1. The SMILES string of the molecule is CC(C)c1ccccc1OCCNC(=O)[C@H]1CCN[C@@H](C)C1. The number of benzene rings is 1. The summed E-state index contributed by atoms with van der Waals surface area (Å²) >= 11 is 0. The van der Waals surface area contributed by atoms with E-state index in [0.717, 1.165) is 25.1 Å². The van der Waals surface area contributed by atoms with Gasteiger partial charge in [0.2, 0.25) is 5.91 Å². The Morgan fingerprint density at radius 2 is 2.18 bits per heavy atom. The second-order valence-corrected chi connectivity index (χ2v) is 6.41. The lowest BCUT2D eigenvalue weighted by atomic mass is 9.92. The van der Waals surface area contributed by atoms with Gasteiger partial charge in [-0.25, -0.2) is 0 Å². The van der Waals surface area contributed by atoms with Crippen molar-refractivity contribution in [1.82, 2.24) is 10.6 Å². The number of rotatable bonds is 6. The average molecular weight is 304 g/mol. The highest BCUT2D eigenvalue weighted by atomic mass is 16.5. The quantitative estimate of drug-likeness (QED) is 0.795.